The zero-order valence-corrected chi connectivity index (χ0v) is 18.2. The van der Waals surface area contributed by atoms with E-state index in [0.29, 0.717) is 30.9 Å². The molecule has 8 nitrogen and oxygen atoms in total. The number of ether oxygens (including phenoxy) is 2. The SMILES string of the molecule is Cc1ccc2c(c1)c(=O)n(C)c1nnc(CN3CCCC3c3ccc4c(c3)OCCO4)n21. The highest BCUT2D eigenvalue weighted by atomic mass is 16.6. The van der Waals surface area contributed by atoms with Gasteiger partial charge in [-0.2, -0.15) is 0 Å². The molecule has 0 amide bonds. The number of aryl methyl sites for hydroxylation is 2. The van der Waals surface area contributed by atoms with Gasteiger partial charge < -0.3 is 9.47 Å². The van der Waals surface area contributed by atoms with Crippen LogP contribution in [-0.4, -0.2) is 43.8 Å². The molecule has 32 heavy (non-hydrogen) atoms. The maximum Gasteiger partial charge on any atom is 0.262 e. The molecule has 1 unspecified atom stereocenters. The van der Waals surface area contributed by atoms with E-state index in [0.717, 1.165) is 47.8 Å². The molecular formula is C24H25N5O3. The molecule has 0 aliphatic carbocycles. The van der Waals surface area contributed by atoms with Gasteiger partial charge in [0.05, 0.1) is 17.4 Å². The van der Waals surface area contributed by atoms with E-state index in [1.807, 2.05) is 35.6 Å². The van der Waals surface area contributed by atoms with Gasteiger partial charge >= 0.3 is 0 Å². The van der Waals surface area contributed by atoms with E-state index in [1.54, 1.807) is 11.6 Å². The summed E-state index contributed by atoms with van der Waals surface area (Å²) >= 11 is 0. The second-order valence-corrected chi connectivity index (χ2v) is 8.67. The van der Waals surface area contributed by atoms with Crippen LogP contribution in [-0.2, 0) is 13.6 Å². The fraction of sp³-hybridized carbons (Fsp3) is 0.375. The van der Waals surface area contributed by atoms with Crippen LogP contribution in [0.4, 0.5) is 0 Å². The molecule has 4 aromatic rings. The van der Waals surface area contributed by atoms with Gasteiger partial charge in [0.25, 0.3) is 5.56 Å². The maximum atomic E-state index is 12.9. The van der Waals surface area contributed by atoms with Crippen molar-refractivity contribution in [1.82, 2.24) is 24.1 Å². The molecule has 2 aliphatic rings. The van der Waals surface area contributed by atoms with Crippen LogP contribution in [0.25, 0.3) is 16.7 Å². The van der Waals surface area contributed by atoms with Gasteiger partial charge in [-0.05, 0) is 56.1 Å². The molecule has 1 atom stereocenters. The summed E-state index contributed by atoms with van der Waals surface area (Å²) in [5, 5.41) is 9.55. The van der Waals surface area contributed by atoms with Crippen LogP contribution in [0.3, 0.4) is 0 Å². The summed E-state index contributed by atoms with van der Waals surface area (Å²) in [5.74, 6) is 3.05. The molecule has 0 bridgehead atoms. The number of aromatic nitrogens is 4. The number of likely N-dealkylation sites (tertiary alicyclic amines) is 1. The van der Waals surface area contributed by atoms with Crippen LogP contribution in [0.15, 0.2) is 41.2 Å². The maximum absolute atomic E-state index is 12.9. The topological polar surface area (TPSA) is 73.9 Å². The Bertz CT molecular complexity index is 1410. The molecule has 0 radical (unpaired) electrons. The predicted molar refractivity (Wildman–Crippen MR) is 120 cm³/mol. The largest absolute Gasteiger partial charge is 0.486 e. The number of benzene rings is 2. The minimum Gasteiger partial charge on any atom is -0.486 e. The Morgan fingerprint density at radius 3 is 2.78 bits per heavy atom. The zero-order valence-electron chi connectivity index (χ0n) is 18.2. The summed E-state index contributed by atoms with van der Waals surface area (Å²) in [5.41, 5.74) is 3.09. The Morgan fingerprint density at radius 1 is 1.06 bits per heavy atom. The van der Waals surface area contributed by atoms with Crippen LogP contribution in [0.2, 0.25) is 0 Å². The number of hydrogen-bond donors (Lipinski definition) is 0. The van der Waals surface area contributed by atoms with E-state index in [2.05, 4.69) is 27.2 Å². The first-order chi connectivity index (χ1) is 15.6. The average Bonchev–Trinajstić information content (AvgIpc) is 3.45. The fourth-order valence-corrected chi connectivity index (χ4v) is 5.00. The zero-order chi connectivity index (χ0) is 21.8. The van der Waals surface area contributed by atoms with Gasteiger partial charge in [0.15, 0.2) is 17.3 Å². The van der Waals surface area contributed by atoms with Gasteiger partial charge in [0.1, 0.15) is 13.2 Å². The highest BCUT2D eigenvalue weighted by Gasteiger charge is 2.29. The first-order valence-corrected chi connectivity index (χ1v) is 11.1. The lowest BCUT2D eigenvalue weighted by atomic mass is 10.0. The summed E-state index contributed by atoms with van der Waals surface area (Å²) in [7, 11) is 1.76. The first-order valence-electron chi connectivity index (χ1n) is 11.1. The average molecular weight is 431 g/mol. The normalized spacial score (nSPS) is 18.6. The molecule has 2 aromatic heterocycles. The van der Waals surface area contributed by atoms with E-state index in [-0.39, 0.29) is 11.6 Å². The number of hydrogen-bond acceptors (Lipinski definition) is 6. The van der Waals surface area contributed by atoms with Gasteiger partial charge in [-0.1, -0.05) is 17.7 Å². The lowest BCUT2D eigenvalue weighted by Crippen LogP contribution is -2.25. The highest BCUT2D eigenvalue weighted by molar-refractivity contribution is 5.81. The molecule has 0 spiro atoms. The van der Waals surface area contributed by atoms with Crippen LogP contribution in [0.5, 0.6) is 11.5 Å². The van der Waals surface area contributed by atoms with Crippen molar-refractivity contribution < 1.29 is 9.47 Å². The number of fused-ring (bicyclic) bond motifs is 4. The standard InChI is InChI=1S/C24H25N5O3/c1-15-5-7-19-17(12-15)23(30)27(2)24-26-25-22(29(19)24)14-28-9-3-4-18(28)16-6-8-20-21(13-16)32-11-10-31-20/h5-8,12-13,18H,3-4,9-11,14H2,1-2H3. The molecule has 2 aliphatic heterocycles. The van der Waals surface area contributed by atoms with E-state index < -0.39 is 0 Å². The number of nitrogens with zero attached hydrogens (tertiary/aromatic N) is 5. The molecule has 4 heterocycles. The Labute approximate surface area is 185 Å². The summed E-state index contributed by atoms with van der Waals surface area (Å²) in [6, 6.07) is 12.5. The van der Waals surface area contributed by atoms with Gasteiger partial charge in [-0.25, -0.2) is 0 Å². The van der Waals surface area contributed by atoms with E-state index in [4.69, 9.17) is 9.47 Å². The smallest absolute Gasteiger partial charge is 0.262 e. The molecule has 8 heteroatoms. The predicted octanol–water partition coefficient (Wildman–Crippen LogP) is 3.00. The third-order valence-corrected chi connectivity index (χ3v) is 6.60. The Hall–Kier alpha value is -3.39. The van der Waals surface area contributed by atoms with Crippen LogP contribution >= 0.6 is 0 Å². The summed E-state index contributed by atoms with van der Waals surface area (Å²) in [6.07, 6.45) is 2.20. The third-order valence-electron chi connectivity index (χ3n) is 6.60. The molecule has 2 aromatic carbocycles. The Balaban J connectivity index is 1.40. The monoisotopic (exact) mass is 431 g/mol. The quantitative estimate of drug-likeness (QED) is 0.497. The lowest BCUT2D eigenvalue weighted by Gasteiger charge is -2.26. The van der Waals surface area contributed by atoms with Crippen LogP contribution < -0.4 is 15.0 Å². The summed E-state index contributed by atoms with van der Waals surface area (Å²) in [4.78, 5) is 15.3. The van der Waals surface area contributed by atoms with Crippen molar-refractivity contribution in [1.29, 1.82) is 0 Å². The summed E-state index contributed by atoms with van der Waals surface area (Å²) in [6.45, 7) is 4.82. The molecule has 1 fully saturated rings. The van der Waals surface area contributed by atoms with Crippen molar-refractivity contribution in [3.8, 4) is 11.5 Å². The third kappa shape index (κ3) is 2.97. The van der Waals surface area contributed by atoms with Crippen molar-refractivity contribution in [3.63, 3.8) is 0 Å². The van der Waals surface area contributed by atoms with Crippen LogP contribution in [0.1, 0.15) is 35.8 Å². The van der Waals surface area contributed by atoms with Crippen molar-refractivity contribution in [2.75, 3.05) is 19.8 Å². The first kappa shape index (κ1) is 19.3. The fourth-order valence-electron chi connectivity index (χ4n) is 5.00. The molecule has 0 saturated carbocycles. The Morgan fingerprint density at radius 2 is 1.91 bits per heavy atom. The van der Waals surface area contributed by atoms with Crippen LogP contribution in [0, 0.1) is 6.92 Å². The van der Waals surface area contributed by atoms with Crippen molar-refractivity contribution in [2.24, 2.45) is 7.05 Å². The second-order valence-electron chi connectivity index (χ2n) is 8.67. The molecule has 0 N–H and O–H groups in total. The van der Waals surface area contributed by atoms with E-state index in [9.17, 15) is 4.79 Å². The van der Waals surface area contributed by atoms with E-state index in [1.165, 1.54) is 5.56 Å². The highest BCUT2D eigenvalue weighted by Crippen LogP contribution is 2.38. The molecule has 6 rings (SSSR count). The minimum absolute atomic E-state index is 0.0505. The van der Waals surface area contributed by atoms with Gasteiger partial charge in [-0.15, -0.1) is 10.2 Å². The van der Waals surface area contributed by atoms with Gasteiger partial charge in [-0.3, -0.25) is 18.7 Å². The molecular weight excluding hydrogens is 406 g/mol. The van der Waals surface area contributed by atoms with Crippen molar-refractivity contribution >= 4 is 16.7 Å². The summed E-state index contributed by atoms with van der Waals surface area (Å²) < 4.78 is 15.1. The van der Waals surface area contributed by atoms with Gasteiger partial charge in [0.2, 0.25) is 5.78 Å². The van der Waals surface area contributed by atoms with Gasteiger partial charge in [0, 0.05) is 13.1 Å². The number of rotatable bonds is 3. The van der Waals surface area contributed by atoms with E-state index >= 15 is 0 Å². The molecule has 164 valence electrons. The second kappa shape index (κ2) is 7.34. The molecule has 1 saturated heterocycles. The minimum atomic E-state index is -0.0505. The van der Waals surface area contributed by atoms with Crippen molar-refractivity contribution in [3.05, 3.63) is 63.7 Å². The Kier molecular flexibility index (Phi) is 4.43. The van der Waals surface area contributed by atoms with Crippen molar-refractivity contribution in [2.45, 2.75) is 32.4 Å². The lowest BCUT2D eigenvalue weighted by molar-refractivity contribution is 0.170.